The summed E-state index contributed by atoms with van der Waals surface area (Å²) in [5.41, 5.74) is 1.09. The van der Waals surface area contributed by atoms with E-state index in [2.05, 4.69) is 4.98 Å². The van der Waals surface area contributed by atoms with Crippen molar-refractivity contribution in [3.05, 3.63) is 30.1 Å². The van der Waals surface area contributed by atoms with Crippen LogP contribution in [0.4, 0.5) is 0 Å². The molecule has 1 amide bonds. The Balaban J connectivity index is 1.97. The maximum atomic E-state index is 11.8. The second-order valence-electron chi connectivity index (χ2n) is 4.26. The number of rotatable bonds is 4. The number of esters is 1. The van der Waals surface area contributed by atoms with E-state index in [4.69, 9.17) is 4.74 Å². The van der Waals surface area contributed by atoms with Gasteiger partial charge in [-0.15, -0.1) is 0 Å². The fraction of sp³-hybridized carbons (Fsp3) is 0.462. The number of nitrogens with zero attached hydrogens (tertiary/aromatic N) is 2. The van der Waals surface area contributed by atoms with Crippen molar-refractivity contribution in [3.8, 4) is 0 Å². The summed E-state index contributed by atoms with van der Waals surface area (Å²) in [6, 6.07) is 3.82. The molecule has 1 aliphatic rings. The molecule has 1 aliphatic heterocycles. The lowest BCUT2D eigenvalue weighted by Crippen LogP contribution is -2.32. The van der Waals surface area contributed by atoms with E-state index >= 15 is 0 Å². The van der Waals surface area contributed by atoms with Gasteiger partial charge in [-0.25, -0.2) is 0 Å². The van der Waals surface area contributed by atoms with Crippen molar-refractivity contribution >= 4 is 11.9 Å². The number of carbonyl (C=O) groups excluding carboxylic acids is 2. The van der Waals surface area contributed by atoms with Gasteiger partial charge in [0.05, 0.1) is 6.61 Å². The van der Waals surface area contributed by atoms with Gasteiger partial charge in [-0.05, 0) is 24.6 Å². The molecule has 2 rings (SSSR count). The van der Waals surface area contributed by atoms with Crippen LogP contribution in [0.3, 0.4) is 0 Å². The summed E-state index contributed by atoms with van der Waals surface area (Å²) >= 11 is 0. The predicted octanol–water partition coefficient (Wildman–Crippen LogP) is 0.961. The molecule has 0 radical (unpaired) electrons. The number of likely N-dealkylation sites (tertiary alicyclic amines) is 1. The minimum Gasteiger partial charge on any atom is -0.465 e. The fourth-order valence-corrected chi connectivity index (χ4v) is 2.15. The summed E-state index contributed by atoms with van der Waals surface area (Å²) < 4.78 is 4.85. The van der Waals surface area contributed by atoms with Crippen LogP contribution in [0.2, 0.25) is 0 Å². The summed E-state index contributed by atoms with van der Waals surface area (Å²) in [7, 11) is 0. The third kappa shape index (κ3) is 2.85. The summed E-state index contributed by atoms with van der Waals surface area (Å²) in [6.45, 7) is 2.72. The first-order chi connectivity index (χ1) is 8.70. The van der Waals surface area contributed by atoms with Crippen LogP contribution in [0.1, 0.15) is 24.8 Å². The molecule has 1 saturated heterocycles. The van der Waals surface area contributed by atoms with Crippen LogP contribution in [0.5, 0.6) is 0 Å². The third-order valence-electron chi connectivity index (χ3n) is 3.02. The zero-order chi connectivity index (χ0) is 13.0. The Morgan fingerprint density at radius 3 is 2.89 bits per heavy atom. The number of pyridine rings is 1. The van der Waals surface area contributed by atoms with Crippen LogP contribution >= 0.6 is 0 Å². The first-order valence-corrected chi connectivity index (χ1v) is 6.04. The van der Waals surface area contributed by atoms with E-state index in [1.54, 1.807) is 24.2 Å². The molecule has 1 unspecified atom stereocenters. The molecule has 0 N–H and O–H groups in total. The predicted molar refractivity (Wildman–Crippen MR) is 64.8 cm³/mol. The minimum atomic E-state index is -0.346. The Morgan fingerprint density at radius 1 is 1.50 bits per heavy atom. The zero-order valence-electron chi connectivity index (χ0n) is 10.3. The van der Waals surface area contributed by atoms with E-state index < -0.39 is 0 Å². The number of hydrogen-bond donors (Lipinski definition) is 0. The molecule has 1 aromatic heterocycles. The van der Waals surface area contributed by atoms with Crippen molar-refractivity contribution in [3.63, 3.8) is 0 Å². The van der Waals surface area contributed by atoms with E-state index in [0.717, 1.165) is 5.56 Å². The molecule has 18 heavy (non-hydrogen) atoms. The molecule has 0 spiro atoms. The molecule has 0 bridgehead atoms. The number of hydrogen-bond acceptors (Lipinski definition) is 4. The minimum absolute atomic E-state index is 0.00450. The number of amides is 1. The van der Waals surface area contributed by atoms with Gasteiger partial charge >= 0.3 is 5.97 Å². The Morgan fingerprint density at radius 2 is 2.22 bits per heavy atom. The van der Waals surface area contributed by atoms with Crippen molar-refractivity contribution < 1.29 is 14.3 Å². The molecule has 0 aliphatic carbocycles. The highest BCUT2D eigenvalue weighted by molar-refractivity contribution is 5.84. The fourth-order valence-electron chi connectivity index (χ4n) is 2.15. The highest BCUT2D eigenvalue weighted by Gasteiger charge is 2.31. The van der Waals surface area contributed by atoms with Gasteiger partial charge in [0.2, 0.25) is 5.91 Å². The molecule has 5 nitrogen and oxygen atoms in total. The first kappa shape index (κ1) is 12.5. The lowest BCUT2D eigenvalue weighted by molar-refractivity contribution is -0.147. The largest absolute Gasteiger partial charge is 0.465 e. The normalized spacial score (nSPS) is 19.1. The van der Waals surface area contributed by atoms with Crippen LogP contribution in [0.25, 0.3) is 0 Å². The Kier molecular flexibility index (Phi) is 3.92. The third-order valence-corrected chi connectivity index (χ3v) is 3.02. The van der Waals surface area contributed by atoms with Crippen molar-refractivity contribution in [2.24, 2.45) is 0 Å². The molecular weight excluding hydrogens is 232 g/mol. The van der Waals surface area contributed by atoms with Gasteiger partial charge < -0.3 is 9.64 Å². The molecule has 1 aromatic rings. The van der Waals surface area contributed by atoms with Crippen LogP contribution in [0, 0.1) is 0 Å². The SMILES string of the molecule is CCOC(=O)CN1CC(c2ccncc2)CC1=O. The Labute approximate surface area is 106 Å². The lowest BCUT2D eigenvalue weighted by atomic mass is 10.00. The van der Waals surface area contributed by atoms with Gasteiger partial charge in [0, 0.05) is 31.3 Å². The average molecular weight is 248 g/mol. The smallest absolute Gasteiger partial charge is 0.325 e. The second kappa shape index (κ2) is 5.62. The van der Waals surface area contributed by atoms with Gasteiger partial charge in [-0.2, -0.15) is 0 Å². The van der Waals surface area contributed by atoms with E-state index in [1.807, 2.05) is 12.1 Å². The van der Waals surface area contributed by atoms with E-state index in [1.165, 1.54) is 0 Å². The van der Waals surface area contributed by atoms with Crippen LogP contribution < -0.4 is 0 Å². The van der Waals surface area contributed by atoms with Crippen molar-refractivity contribution in [1.29, 1.82) is 0 Å². The molecule has 1 atom stereocenters. The zero-order valence-corrected chi connectivity index (χ0v) is 10.3. The van der Waals surface area contributed by atoms with Crippen LogP contribution in [-0.4, -0.2) is 41.5 Å². The van der Waals surface area contributed by atoms with Crippen molar-refractivity contribution in [2.75, 3.05) is 19.7 Å². The molecular formula is C13H16N2O3. The van der Waals surface area contributed by atoms with E-state index in [0.29, 0.717) is 19.6 Å². The Hall–Kier alpha value is -1.91. The van der Waals surface area contributed by atoms with Gasteiger partial charge in [-0.1, -0.05) is 0 Å². The summed E-state index contributed by atoms with van der Waals surface area (Å²) in [5.74, 6) is -0.193. The molecule has 2 heterocycles. The highest BCUT2D eigenvalue weighted by Crippen LogP contribution is 2.27. The standard InChI is InChI=1S/C13H16N2O3/c1-2-18-13(17)9-15-8-11(7-12(15)16)10-3-5-14-6-4-10/h3-6,11H,2,7-9H2,1H3. The van der Waals surface area contributed by atoms with Crippen LogP contribution in [-0.2, 0) is 14.3 Å². The number of carbonyl (C=O) groups is 2. The van der Waals surface area contributed by atoms with Gasteiger partial charge in [0.15, 0.2) is 0 Å². The molecule has 5 heteroatoms. The van der Waals surface area contributed by atoms with E-state index in [-0.39, 0.29) is 24.3 Å². The number of aromatic nitrogens is 1. The van der Waals surface area contributed by atoms with Gasteiger partial charge in [0.1, 0.15) is 6.54 Å². The van der Waals surface area contributed by atoms with Gasteiger partial charge in [0.25, 0.3) is 0 Å². The molecule has 1 fully saturated rings. The summed E-state index contributed by atoms with van der Waals surface area (Å²) in [6.07, 6.45) is 3.88. The summed E-state index contributed by atoms with van der Waals surface area (Å²) in [5, 5.41) is 0. The highest BCUT2D eigenvalue weighted by atomic mass is 16.5. The quantitative estimate of drug-likeness (QED) is 0.745. The van der Waals surface area contributed by atoms with Crippen molar-refractivity contribution in [2.45, 2.75) is 19.3 Å². The first-order valence-electron chi connectivity index (χ1n) is 6.04. The average Bonchev–Trinajstić information content (AvgIpc) is 2.72. The maximum Gasteiger partial charge on any atom is 0.325 e. The van der Waals surface area contributed by atoms with Gasteiger partial charge in [-0.3, -0.25) is 14.6 Å². The second-order valence-corrected chi connectivity index (χ2v) is 4.26. The lowest BCUT2D eigenvalue weighted by Gasteiger charge is -2.15. The molecule has 0 saturated carbocycles. The summed E-state index contributed by atoms with van der Waals surface area (Å²) in [4.78, 5) is 28.7. The van der Waals surface area contributed by atoms with E-state index in [9.17, 15) is 9.59 Å². The van der Waals surface area contributed by atoms with Crippen molar-refractivity contribution in [1.82, 2.24) is 9.88 Å². The van der Waals surface area contributed by atoms with Crippen LogP contribution in [0.15, 0.2) is 24.5 Å². The molecule has 96 valence electrons. The number of ether oxygens (including phenoxy) is 1. The monoisotopic (exact) mass is 248 g/mol. The maximum absolute atomic E-state index is 11.8. The molecule has 0 aromatic carbocycles. The Bertz CT molecular complexity index is 433. The topological polar surface area (TPSA) is 59.5 Å².